The average molecular weight is 289 g/mol. The molecule has 0 amide bonds. The molecule has 9 heteroatoms. The van der Waals surface area contributed by atoms with E-state index >= 15 is 0 Å². The lowest BCUT2D eigenvalue weighted by Gasteiger charge is -2.06. The summed E-state index contributed by atoms with van der Waals surface area (Å²) in [5.41, 5.74) is 0.771. The summed E-state index contributed by atoms with van der Waals surface area (Å²) in [7, 11) is 0. The summed E-state index contributed by atoms with van der Waals surface area (Å²) in [5.74, 6) is 0.753. The Kier molecular flexibility index (Phi) is 3.46. The van der Waals surface area contributed by atoms with Crippen LogP contribution in [0.4, 0.5) is 5.95 Å². The highest BCUT2D eigenvalue weighted by molar-refractivity contribution is 6.28. The predicted octanol–water partition coefficient (Wildman–Crippen LogP) is 1.11. The second kappa shape index (κ2) is 5.57. The van der Waals surface area contributed by atoms with E-state index in [1.165, 1.54) is 0 Å². The molecule has 0 spiro atoms. The molecule has 0 saturated heterocycles. The van der Waals surface area contributed by atoms with Crippen molar-refractivity contribution in [2.45, 2.75) is 6.54 Å². The maximum Gasteiger partial charge on any atom is 0.241 e. The Hall–Kier alpha value is -2.61. The Bertz CT molecular complexity index is 685. The fourth-order valence-electron chi connectivity index (χ4n) is 1.51. The van der Waals surface area contributed by atoms with Crippen molar-refractivity contribution in [2.75, 3.05) is 5.32 Å². The average Bonchev–Trinajstić information content (AvgIpc) is 3.00. The van der Waals surface area contributed by atoms with Gasteiger partial charge in [-0.25, -0.2) is 4.98 Å². The number of aromatic nitrogens is 7. The molecule has 100 valence electrons. The van der Waals surface area contributed by atoms with Crippen LogP contribution in [0.1, 0.15) is 5.69 Å². The van der Waals surface area contributed by atoms with E-state index in [0.29, 0.717) is 18.4 Å². The quantitative estimate of drug-likeness (QED) is 0.768. The highest BCUT2D eigenvalue weighted by atomic mass is 35.5. The van der Waals surface area contributed by atoms with Crippen molar-refractivity contribution in [2.24, 2.45) is 0 Å². The number of hydrogen-bond acceptors (Lipinski definition) is 7. The molecule has 3 aromatic heterocycles. The molecular weight excluding hydrogens is 280 g/mol. The predicted molar refractivity (Wildman–Crippen MR) is 71.3 cm³/mol. The third-order valence-corrected chi connectivity index (χ3v) is 2.56. The first-order chi connectivity index (χ1) is 9.81. The molecule has 0 radical (unpaired) electrons. The van der Waals surface area contributed by atoms with Crippen LogP contribution in [0.3, 0.4) is 0 Å². The van der Waals surface area contributed by atoms with Crippen LogP contribution in [0.25, 0.3) is 5.95 Å². The Labute approximate surface area is 118 Å². The van der Waals surface area contributed by atoms with Crippen LogP contribution in [0.2, 0.25) is 5.28 Å². The normalized spacial score (nSPS) is 10.4. The van der Waals surface area contributed by atoms with Crippen molar-refractivity contribution in [1.29, 1.82) is 0 Å². The van der Waals surface area contributed by atoms with Gasteiger partial charge in [0.1, 0.15) is 6.33 Å². The zero-order valence-corrected chi connectivity index (χ0v) is 10.9. The standard InChI is InChI=1S/C11H9ClN8/c12-9-16-10(14-6-8-2-1-3-15-19-8)18-11(17-9)20-5-4-13-7-20/h1-5,7H,6H2,(H,14,16,17,18). The molecular formula is C11H9ClN8. The van der Waals surface area contributed by atoms with Crippen LogP contribution in [0.15, 0.2) is 37.1 Å². The van der Waals surface area contributed by atoms with E-state index in [1.54, 1.807) is 35.6 Å². The second-order valence-electron chi connectivity index (χ2n) is 3.77. The number of imidazole rings is 1. The number of halogens is 1. The first kappa shape index (κ1) is 12.4. The van der Waals surface area contributed by atoms with Crippen molar-refractivity contribution in [3.63, 3.8) is 0 Å². The molecule has 0 aliphatic rings. The van der Waals surface area contributed by atoms with E-state index < -0.39 is 0 Å². The van der Waals surface area contributed by atoms with Gasteiger partial charge in [-0.3, -0.25) is 4.57 Å². The van der Waals surface area contributed by atoms with Crippen LogP contribution >= 0.6 is 11.6 Å². The lowest BCUT2D eigenvalue weighted by molar-refractivity contribution is 0.873. The van der Waals surface area contributed by atoms with E-state index in [2.05, 4.69) is 35.5 Å². The van der Waals surface area contributed by atoms with Crippen molar-refractivity contribution < 1.29 is 0 Å². The molecule has 3 rings (SSSR count). The number of nitrogens with one attached hydrogen (secondary N) is 1. The zero-order valence-electron chi connectivity index (χ0n) is 10.2. The minimum atomic E-state index is 0.102. The Morgan fingerprint density at radius 2 is 2.15 bits per heavy atom. The van der Waals surface area contributed by atoms with E-state index in [4.69, 9.17) is 11.6 Å². The lowest BCUT2D eigenvalue weighted by atomic mass is 10.4. The van der Waals surface area contributed by atoms with Gasteiger partial charge in [0.25, 0.3) is 0 Å². The molecule has 0 atom stereocenters. The summed E-state index contributed by atoms with van der Waals surface area (Å²) in [4.78, 5) is 16.2. The molecule has 1 N–H and O–H groups in total. The molecule has 8 nitrogen and oxygen atoms in total. The minimum Gasteiger partial charge on any atom is -0.348 e. The van der Waals surface area contributed by atoms with Gasteiger partial charge in [-0.2, -0.15) is 25.1 Å². The Morgan fingerprint density at radius 1 is 1.20 bits per heavy atom. The molecule has 0 fully saturated rings. The second-order valence-corrected chi connectivity index (χ2v) is 4.10. The summed E-state index contributed by atoms with van der Waals surface area (Å²) in [6, 6.07) is 3.65. The maximum absolute atomic E-state index is 5.88. The van der Waals surface area contributed by atoms with E-state index in [-0.39, 0.29) is 5.28 Å². The van der Waals surface area contributed by atoms with Crippen molar-refractivity contribution in [1.82, 2.24) is 34.7 Å². The fraction of sp³-hybridized carbons (Fsp3) is 0.0909. The number of rotatable bonds is 4. The summed E-state index contributed by atoms with van der Waals surface area (Å²) >= 11 is 5.88. The molecule has 3 aromatic rings. The first-order valence-electron chi connectivity index (χ1n) is 5.71. The van der Waals surface area contributed by atoms with Gasteiger partial charge >= 0.3 is 0 Å². The third kappa shape index (κ3) is 2.86. The largest absolute Gasteiger partial charge is 0.348 e. The summed E-state index contributed by atoms with van der Waals surface area (Å²) in [6.45, 7) is 0.442. The van der Waals surface area contributed by atoms with Crippen molar-refractivity contribution >= 4 is 17.5 Å². The van der Waals surface area contributed by atoms with Crippen LogP contribution in [0.5, 0.6) is 0 Å². The molecule has 3 heterocycles. The molecule has 20 heavy (non-hydrogen) atoms. The van der Waals surface area contributed by atoms with Gasteiger partial charge in [0.15, 0.2) is 0 Å². The number of hydrogen-bond donors (Lipinski definition) is 1. The van der Waals surface area contributed by atoms with Crippen molar-refractivity contribution in [3.05, 3.63) is 48.0 Å². The zero-order chi connectivity index (χ0) is 13.8. The molecule has 0 aromatic carbocycles. The van der Waals surface area contributed by atoms with Gasteiger partial charge in [-0.15, -0.1) is 0 Å². The Balaban J connectivity index is 1.80. The van der Waals surface area contributed by atoms with Gasteiger partial charge in [-0.05, 0) is 23.7 Å². The molecule has 0 bridgehead atoms. The molecule has 0 aliphatic heterocycles. The molecule has 0 aliphatic carbocycles. The summed E-state index contributed by atoms with van der Waals surface area (Å²) in [5, 5.41) is 10.9. The lowest BCUT2D eigenvalue weighted by Crippen LogP contribution is -2.09. The molecule has 0 unspecified atom stereocenters. The first-order valence-corrected chi connectivity index (χ1v) is 6.09. The van der Waals surface area contributed by atoms with Gasteiger partial charge in [0.05, 0.1) is 12.2 Å². The molecule has 0 saturated carbocycles. The van der Waals surface area contributed by atoms with Crippen molar-refractivity contribution in [3.8, 4) is 5.95 Å². The summed E-state index contributed by atoms with van der Waals surface area (Å²) < 4.78 is 1.64. The van der Waals surface area contributed by atoms with E-state index in [9.17, 15) is 0 Å². The Morgan fingerprint density at radius 3 is 2.90 bits per heavy atom. The minimum absolute atomic E-state index is 0.102. The van der Waals surface area contributed by atoms with Crippen LogP contribution < -0.4 is 5.32 Å². The van der Waals surface area contributed by atoms with Crippen LogP contribution in [0, 0.1) is 0 Å². The van der Waals surface area contributed by atoms with E-state index in [0.717, 1.165) is 5.69 Å². The monoisotopic (exact) mass is 288 g/mol. The smallest absolute Gasteiger partial charge is 0.241 e. The highest BCUT2D eigenvalue weighted by Crippen LogP contribution is 2.10. The van der Waals surface area contributed by atoms with Gasteiger partial charge in [0.2, 0.25) is 17.2 Å². The maximum atomic E-state index is 5.88. The number of anilines is 1. The van der Waals surface area contributed by atoms with Crippen LogP contribution in [-0.4, -0.2) is 34.7 Å². The fourth-order valence-corrected chi connectivity index (χ4v) is 1.66. The van der Waals surface area contributed by atoms with Gasteiger partial charge in [-0.1, -0.05) is 0 Å². The topological polar surface area (TPSA) is 94.3 Å². The van der Waals surface area contributed by atoms with Gasteiger partial charge in [0, 0.05) is 18.6 Å². The highest BCUT2D eigenvalue weighted by Gasteiger charge is 2.06. The van der Waals surface area contributed by atoms with E-state index in [1.807, 2.05) is 6.07 Å². The van der Waals surface area contributed by atoms with Crippen LogP contribution in [-0.2, 0) is 6.54 Å². The number of nitrogens with zero attached hydrogens (tertiary/aromatic N) is 7. The van der Waals surface area contributed by atoms with Gasteiger partial charge < -0.3 is 5.32 Å². The SMILES string of the molecule is Clc1nc(NCc2cccnn2)nc(-n2ccnc2)n1. The third-order valence-electron chi connectivity index (χ3n) is 2.39. The summed E-state index contributed by atoms with van der Waals surface area (Å²) in [6.07, 6.45) is 6.54.